The maximum absolute atomic E-state index is 12.4. The molecule has 0 saturated carbocycles. The van der Waals surface area contributed by atoms with Crippen LogP contribution in [-0.2, 0) is 14.3 Å². The van der Waals surface area contributed by atoms with Crippen molar-refractivity contribution in [2.24, 2.45) is 0 Å². The number of hydrogen-bond acceptors (Lipinski definition) is 5. The van der Waals surface area contributed by atoms with Crippen molar-refractivity contribution in [3.8, 4) is 0 Å². The van der Waals surface area contributed by atoms with Crippen molar-refractivity contribution >= 4 is 11.9 Å². The molecule has 0 aromatic carbocycles. The summed E-state index contributed by atoms with van der Waals surface area (Å²) in [6.07, 6.45) is 86.7. The molecule has 460 valence electrons. The van der Waals surface area contributed by atoms with Gasteiger partial charge in [0.15, 0.2) is 0 Å². The number of unbranched alkanes of at least 4 members (excludes halogenated alkanes) is 51. The lowest BCUT2D eigenvalue weighted by atomic mass is 10.0. The van der Waals surface area contributed by atoms with Gasteiger partial charge in [-0.25, -0.2) is 0 Å². The van der Waals surface area contributed by atoms with Gasteiger partial charge in [0, 0.05) is 12.8 Å². The Balaban J connectivity index is 3.33. The number of carbonyl (C=O) groups excluding carboxylic acids is 2. The number of rotatable bonds is 66. The number of hydrogen-bond donors (Lipinski definition) is 3. The maximum Gasteiger partial charge on any atom is 0.305 e. The van der Waals surface area contributed by atoms with Crippen molar-refractivity contribution in [3.05, 3.63) is 36.5 Å². The summed E-state index contributed by atoms with van der Waals surface area (Å²) >= 11 is 0. The molecule has 0 aliphatic carbocycles. The highest BCUT2D eigenvalue weighted by molar-refractivity contribution is 5.76. The number of allylic oxidation sites excluding steroid dienone is 5. The number of nitrogens with one attached hydrogen (secondary N) is 1. The van der Waals surface area contributed by atoms with E-state index in [0.717, 1.165) is 38.5 Å². The summed E-state index contributed by atoms with van der Waals surface area (Å²) in [4.78, 5) is 24.5. The lowest BCUT2D eigenvalue weighted by Crippen LogP contribution is -2.45. The Kier molecular flexibility index (Phi) is 65.9. The van der Waals surface area contributed by atoms with E-state index in [4.69, 9.17) is 4.74 Å². The van der Waals surface area contributed by atoms with E-state index < -0.39 is 12.1 Å². The number of carbonyl (C=O) groups is 2. The smallest absolute Gasteiger partial charge is 0.305 e. The van der Waals surface area contributed by atoms with Gasteiger partial charge in [0.25, 0.3) is 0 Å². The van der Waals surface area contributed by atoms with Crippen LogP contribution in [0.5, 0.6) is 0 Å². The highest BCUT2D eigenvalue weighted by Crippen LogP contribution is 2.18. The molecule has 0 aromatic rings. The van der Waals surface area contributed by atoms with E-state index >= 15 is 0 Å². The second-order valence-electron chi connectivity index (χ2n) is 24.2. The first-order valence-electron chi connectivity index (χ1n) is 35.3. The van der Waals surface area contributed by atoms with E-state index in [1.807, 2.05) is 6.08 Å². The van der Waals surface area contributed by atoms with Crippen molar-refractivity contribution < 1.29 is 24.5 Å². The molecule has 0 spiro atoms. The Labute approximate surface area is 487 Å². The second kappa shape index (κ2) is 67.6. The third-order valence-corrected chi connectivity index (χ3v) is 16.4. The summed E-state index contributed by atoms with van der Waals surface area (Å²) in [5.41, 5.74) is 0. The van der Waals surface area contributed by atoms with Gasteiger partial charge in [0.2, 0.25) is 5.91 Å². The molecule has 1 amide bonds. The molecule has 2 atom stereocenters. The van der Waals surface area contributed by atoms with E-state index in [1.165, 1.54) is 321 Å². The summed E-state index contributed by atoms with van der Waals surface area (Å²) < 4.78 is 5.51. The lowest BCUT2D eigenvalue weighted by Gasteiger charge is -2.20. The van der Waals surface area contributed by atoms with Crippen LogP contribution in [0.2, 0.25) is 0 Å². The molecule has 0 rings (SSSR count). The Morgan fingerprint density at radius 1 is 0.346 bits per heavy atom. The highest BCUT2D eigenvalue weighted by Gasteiger charge is 2.18. The summed E-state index contributed by atoms with van der Waals surface area (Å²) in [5, 5.41) is 23.0. The molecule has 0 saturated heterocycles. The average molecular weight is 1100 g/mol. The van der Waals surface area contributed by atoms with E-state index in [1.54, 1.807) is 6.08 Å². The molecule has 0 bridgehead atoms. The largest absolute Gasteiger partial charge is 0.466 e. The second-order valence-corrected chi connectivity index (χ2v) is 24.2. The Morgan fingerprint density at radius 2 is 0.603 bits per heavy atom. The van der Waals surface area contributed by atoms with Gasteiger partial charge in [-0.1, -0.05) is 326 Å². The quantitative estimate of drug-likeness (QED) is 0.0320. The van der Waals surface area contributed by atoms with Crippen LogP contribution in [0, 0.1) is 0 Å². The van der Waals surface area contributed by atoms with Gasteiger partial charge in [-0.15, -0.1) is 0 Å². The van der Waals surface area contributed by atoms with Gasteiger partial charge >= 0.3 is 5.97 Å². The zero-order chi connectivity index (χ0) is 56.4. The Hall–Kier alpha value is -1.92. The molecule has 0 radical (unpaired) electrons. The van der Waals surface area contributed by atoms with Gasteiger partial charge in [-0.2, -0.15) is 0 Å². The molecule has 78 heavy (non-hydrogen) atoms. The molecule has 3 N–H and O–H groups in total. The summed E-state index contributed by atoms with van der Waals surface area (Å²) in [6.45, 7) is 4.90. The van der Waals surface area contributed by atoms with Gasteiger partial charge in [-0.05, 0) is 83.5 Å². The summed E-state index contributed by atoms with van der Waals surface area (Å²) in [6, 6.07) is -0.624. The van der Waals surface area contributed by atoms with Crippen LogP contribution in [-0.4, -0.2) is 47.4 Å². The van der Waals surface area contributed by atoms with Crippen LogP contribution < -0.4 is 5.32 Å². The number of amides is 1. The summed E-state index contributed by atoms with van der Waals surface area (Å²) in [7, 11) is 0. The van der Waals surface area contributed by atoms with Crippen molar-refractivity contribution in [1.82, 2.24) is 5.32 Å². The predicted molar refractivity (Wildman–Crippen MR) is 343 cm³/mol. The fourth-order valence-electron chi connectivity index (χ4n) is 11.0. The highest BCUT2D eigenvalue weighted by atomic mass is 16.5. The predicted octanol–water partition coefficient (Wildman–Crippen LogP) is 22.7. The van der Waals surface area contributed by atoms with Gasteiger partial charge < -0.3 is 20.3 Å². The zero-order valence-electron chi connectivity index (χ0n) is 52.7. The first-order chi connectivity index (χ1) is 38.5. The van der Waals surface area contributed by atoms with Crippen molar-refractivity contribution in [2.45, 2.75) is 398 Å². The van der Waals surface area contributed by atoms with Crippen molar-refractivity contribution in [2.75, 3.05) is 13.2 Å². The van der Waals surface area contributed by atoms with E-state index in [9.17, 15) is 19.8 Å². The standard InChI is InChI=1S/C72H137NO5/c1-3-5-7-9-11-13-15-16-17-18-33-37-40-43-46-50-54-58-62-66-72(77)78-67-63-59-55-51-47-44-41-38-35-32-30-28-26-24-22-20-19-21-23-25-27-29-31-34-36-39-42-45-49-53-57-61-65-71(76)73-69(68-74)70(75)64-60-56-52-48-14-12-10-8-6-4-2/h16-17,22,24,60,64,69-70,74-75H,3-15,18-21,23,25-59,61-63,65-68H2,1-2H3,(H,73,76)/b17-16-,24-22-,64-60+. The monoisotopic (exact) mass is 1100 g/mol. The van der Waals surface area contributed by atoms with Crippen LogP contribution in [0.1, 0.15) is 386 Å². The van der Waals surface area contributed by atoms with E-state index in [-0.39, 0.29) is 18.5 Å². The number of aliphatic hydroxyl groups is 2. The van der Waals surface area contributed by atoms with Gasteiger partial charge in [0.1, 0.15) is 0 Å². The van der Waals surface area contributed by atoms with Crippen molar-refractivity contribution in [3.63, 3.8) is 0 Å². The fraction of sp³-hybridized carbons (Fsp3) is 0.889. The third kappa shape index (κ3) is 63.3. The van der Waals surface area contributed by atoms with Crippen LogP contribution >= 0.6 is 0 Å². The van der Waals surface area contributed by atoms with E-state index in [2.05, 4.69) is 43.5 Å². The first-order valence-corrected chi connectivity index (χ1v) is 35.3. The van der Waals surface area contributed by atoms with Crippen LogP contribution in [0.4, 0.5) is 0 Å². The van der Waals surface area contributed by atoms with Crippen molar-refractivity contribution in [1.29, 1.82) is 0 Å². The molecule has 6 nitrogen and oxygen atoms in total. The Bertz CT molecular complexity index is 1260. The number of aliphatic hydroxyl groups excluding tert-OH is 2. The minimum Gasteiger partial charge on any atom is -0.466 e. The molecular formula is C72H137NO5. The third-order valence-electron chi connectivity index (χ3n) is 16.4. The lowest BCUT2D eigenvalue weighted by molar-refractivity contribution is -0.143. The SMILES string of the molecule is CCCCCCCC/C=C\CCCCCCCCCCCC(=O)OCCCCCCCCCCCCCC/C=C\CCCCCCCCCCCCCCCCCCC(=O)NC(CO)C(O)/C=C/CCCCCCCCCC. The topological polar surface area (TPSA) is 95.9 Å². The molecule has 0 heterocycles. The number of ether oxygens (including phenoxy) is 1. The molecule has 6 heteroatoms. The maximum atomic E-state index is 12.4. The summed E-state index contributed by atoms with van der Waals surface area (Å²) in [5.74, 6) is -0.0483. The average Bonchev–Trinajstić information content (AvgIpc) is 3.44. The fourth-order valence-corrected chi connectivity index (χ4v) is 11.0. The van der Waals surface area contributed by atoms with Crippen LogP contribution in [0.15, 0.2) is 36.5 Å². The molecular weight excluding hydrogens is 959 g/mol. The Morgan fingerprint density at radius 3 is 0.910 bits per heavy atom. The minimum atomic E-state index is -0.841. The minimum absolute atomic E-state index is 0.0178. The molecule has 0 fully saturated rings. The normalized spacial score (nSPS) is 12.7. The molecule has 0 aliphatic rings. The van der Waals surface area contributed by atoms with Crippen LogP contribution in [0.25, 0.3) is 0 Å². The molecule has 0 aromatic heterocycles. The first kappa shape index (κ1) is 76.1. The number of esters is 1. The van der Waals surface area contributed by atoms with Gasteiger partial charge in [-0.3, -0.25) is 9.59 Å². The molecule has 0 aliphatic heterocycles. The molecule has 2 unspecified atom stereocenters. The zero-order valence-corrected chi connectivity index (χ0v) is 52.7. The van der Waals surface area contributed by atoms with Crippen LogP contribution in [0.3, 0.4) is 0 Å². The van der Waals surface area contributed by atoms with Gasteiger partial charge in [0.05, 0.1) is 25.4 Å². The van der Waals surface area contributed by atoms with E-state index in [0.29, 0.717) is 19.4 Å².